The molecule has 0 aromatic carbocycles. The van der Waals surface area contributed by atoms with Crippen LogP contribution in [-0.4, -0.2) is 40.7 Å². The Morgan fingerprint density at radius 1 is 1.42 bits per heavy atom. The summed E-state index contributed by atoms with van der Waals surface area (Å²) in [6, 6.07) is 0. The van der Waals surface area contributed by atoms with Crippen molar-refractivity contribution in [2.75, 3.05) is 25.0 Å². The van der Waals surface area contributed by atoms with Gasteiger partial charge in [-0.1, -0.05) is 16.5 Å². The normalized spacial score (nSPS) is 17.2. The molecule has 0 bridgehead atoms. The molecule has 2 N–H and O–H groups in total. The van der Waals surface area contributed by atoms with Crippen LogP contribution in [0.5, 0.6) is 0 Å². The van der Waals surface area contributed by atoms with Gasteiger partial charge in [0.05, 0.1) is 5.69 Å². The summed E-state index contributed by atoms with van der Waals surface area (Å²) >= 11 is 1.36. The molecule has 9 heteroatoms. The van der Waals surface area contributed by atoms with E-state index in [1.165, 1.54) is 11.3 Å². The van der Waals surface area contributed by atoms with Gasteiger partial charge in [0, 0.05) is 26.1 Å². The monoisotopic (exact) mass is 351 g/mol. The predicted octanol–water partition coefficient (Wildman–Crippen LogP) is 2.09. The number of ether oxygens (including phenoxy) is 1. The van der Waals surface area contributed by atoms with Gasteiger partial charge in [0.25, 0.3) is 11.8 Å². The summed E-state index contributed by atoms with van der Waals surface area (Å²) in [5.41, 5.74) is 0.730. The SMILES string of the molecule is CCNc1nc(C)c(C(=O)NCCc2noc(C3CCCO3)n2)s1. The van der Waals surface area contributed by atoms with Crippen molar-refractivity contribution < 1.29 is 14.1 Å². The molecule has 0 saturated carbocycles. The van der Waals surface area contributed by atoms with Crippen molar-refractivity contribution in [3.63, 3.8) is 0 Å². The zero-order valence-electron chi connectivity index (χ0n) is 13.8. The fourth-order valence-corrected chi connectivity index (χ4v) is 3.42. The van der Waals surface area contributed by atoms with Gasteiger partial charge in [-0.3, -0.25) is 4.79 Å². The lowest BCUT2D eigenvalue weighted by Crippen LogP contribution is -2.25. The second kappa shape index (κ2) is 7.71. The Morgan fingerprint density at radius 2 is 2.29 bits per heavy atom. The van der Waals surface area contributed by atoms with Gasteiger partial charge in [-0.05, 0) is 26.7 Å². The molecule has 130 valence electrons. The van der Waals surface area contributed by atoms with Gasteiger partial charge < -0.3 is 19.9 Å². The van der Waals surface area contributed by atoms with E-state index in [-0.39, 0.29) is 12.0 Å². The molecule has 3 rings (SSSR count). The highest BCUT2D eigenvalue weighted by Crippen LogP contribution is 2.27. The molecule has 1 saturated heterocycles. The van der Waals surface area contributed by atoms with E-state index >= 15 is 0 Å². The lowest BCUT2D eigenvalue weighted by Gasteiger charge is -2.02. The molecule has 1 atom stereocenters. The second-order valence-corrected chi connectivity index (χ2v) is 6.52. The minimum absolute atomic E-state index is 0.0785. The molecule has 1 aliphatic rings. The third-order valence-electron chi connectivity index (χ3n) is 3.65. The number of nitrogens with zero attached hydrogens (tertiary/aromatic N) is 3. The third kappa shape index (κ3) is 3.90. The Kier molecular flexibility index (Phi) is 5.41. The summed E-state index contributed by atoms with van der Waals surface area (Å²) in [6.45, 7) is 5.78. The average Bonchev–Trinajstić information content (AvgIpc) is 3.27. The van der Waals surface area contributed by atoms with Gasteiger partial charge in [-0.2, -0.15) is 4.98 Å². The highest BCUT2D eigenvalue weighted by Gasteiger charge is 2.23. The van der Waals surface area contributed by atoms with Gasteiger partial charge in [-0.25, -0.2) is 4.98 Å². The van der Waals surface area contributed by atoms with E-state index in [0.717, 1.165) is 36.8 Å². The molecule has 24 heavy (non-hydrogen) atoms. The van der Waals surface area contributed by atoms with Gasteiger partial charge in [0.15, 0.2) is 11.0 Å². The van der Waals surface area contributed by atoms with Crippen molar-refractivity contribution in [3.05, 3.63) is 22.3 Å². The van der Waals surface area contributed by atoms with Gasteiger partial charge in [0.2, 0.25) is 0 Å². The number of rotatable bonds is 7. The van der Waals surface area contributed by atoms with Crippen molar-refractivity contribution >= 4 is 22.4 Å². The second-order valence-electron chi connectivity index (χ2n) is 5.52. The number of hydrogen-bond acceptors (Lipinski definition) is 8. The summed E-state index contributed by atoms with van der Waals surface area (Å²) in [4.78, 5) is 21.5. The number of nitrogens with one attached hydrogen (secondary N) is 2. The van der Waals surface area contributed by atoms with Gasteiger partial charge in [0.1, 0.15) is 11.0 Å². The Labute approximate surface area is 144 Å². The molecule has 0 radical (unpaired) electrons. The molecule has 0 aliphatic carbocycles. The number of carbonyl (C=O) groups is 1. The first-order valence-electron chi connectivity index (χ1n) is 8.11. The van der Waals surface area contributed by atoms with E-state index in [1.807, 2.05) is 13.8 Å². The van der Waals surface area contributed by atoms with Crippen LogP contribution in [-0.2, 0) is 11.2 Å². The van der Waals surface area contributed by atoms with Crippen molar-refractivity contribution in [2.24, 2.45) is 0 Å². The van der Waals surface area contributed by atoms with Crippen molar-refractivity contribution in [2.45, 2.75) is 39.2 Å². The summed E-state index contributed by atoms with van der Waals surface area (Å²) in [6.07, 6.45) is 2.36. The van der Waals surface area contributed by atoms with Crippen LogP contribution >= 0.6 is 11.3 Å². The molecule has 1 aliphatic heterocycles. The fourth-order valence-electron chi connectivity index (χ4n) is 2.47. The first-order valence-corrected chi connectivity index (χ1v) is 8.92. The van der Waals surface area contributed by atoms with Crippen LogP contribution in [0.15, 0.2) is 4.52 Å². The average molecular weight is 351 g/mol. The zero-order valence-corrected chi connectivity index (χ0v) is 14.6. The number of hydrogen-bond donors (Lipinski definition) is 2. The van der Waals surface area contributed by atoms with Crippen molar-refractivity contribution in [3.8, 4) is 0 Å². The topological polar surface area (TPSA) is 102 Å². The molecule has 1 amide bonds. The molecule has 0 spiro atoms. The molecular weight excluding hydrogens is 330 g/mol. The van der Waals surface area contributed by atoms with Crippen LogP contribution < -0.4 is 10.6 Å². The summed E-state index contributed by atoms with van der Waals surface area (Å²) in [5, 5.41) is 10.7. The first-order chi connectivity index (χ1) is 11.7. The minimum Gasteiger partial charge on any atom is -0.368 e. The maximum atomic E-state index is 12.2. The van der Waals surface area contributed by atoms with Gasteiger partial charge in [-0.15, -0.1) is 0 Å². The van der Waals surface area contributed by atoms with Crippen LogP contribution in [0.2, 0.25) is 0 Å². The number of aryl methyl sites for hydroxylation is 1. The van der Waals surface area contributed by atoms with E-state index in [9.17, 15) is 4.79 Å². The first kappa shape index (κ1) is 16.8. The van der Waals surface area contributed by atoms with Crippen LogP contribution in [0, 0.1) is 6.92 Å². The Morgan fingerprint density at radius 3 is 3.04 bits per heavy atom. The fraction of sp³-hybridized carbons (Fsp3) is 0.600. The Hall–Kier alpha value is -2.00. The molecule has 2 aromatic heterocycles. The van der Waals surface area contributed by atoms with E-state index in [2.05, 4.69) is 25.8 Å². The smallest absolute Gasteiger partial charge is 0.263 e. The lowest BCUT2D eigenvalue weighted by molar-refractivity contribution is 0.0835. The van der Waals surface area contributed by atoms with E-state index in [4.69, 9.17) is 9.26 Å². The maximum absolute atomic E-state index is 12.2. The van der Waals surface area contributed by atoms with E-state index < -0.39 is 0 Å². The van der Waals surface area contributed by atoms with Crippen molar-refractivity contribution in [1.29, 1.82) is 0 Å². The quantitative estimate of drug-likeness (QED) is 0.787. The number of aromatic nitrogens is 3. The van der Waals surface area contributed by atoms with Crippen LogP contribution in [0.1, 0.15) is 53.0 Å². The summed E-state index contributed by atoms with van der Waals surface area (Å²) < 4.78 is 10.7. The molecule has 1 unspecified atom stereocenters. The van der Waals surface area contributed by atoms with Crippen molar-refractivity contribution in [1.82, 2.24) is 20.4 Å². The molecule has 3 heterocycles. The zero-order chi connectivity index (χ0) is 16.9. The number of carbonyl (C=O) groups excluding carboxylic acids is 1. The van der Waals surface area contributed by atoms with Crippen LogP contribution in [0.25, 0.3) is 0 Å². The highest BCUT2D eigenvalue weighted by atomic mass is 32.1. The van der Waals surface area contributed by atoms with Gasteiger partial charge >= 0.3 is 0 Å². The predicted molar refractivity (Wildman–Crippen MR) is 89.3 cm³/mol. The Balaban J connectivity index is 1.50. The molecular formula is C15H21N5O3S. The number of anilines is 1. The maximum Gasteiger partial charge on any atom is 0.263 e. The summed E-state index contributed by atoms with van der Waals surface area (Å²) in [7, 11) is 0. The number of thiazole rings is 1. The summed E-state index contributed by atoms with van der Waals surface area (Å²) in [5.74, 6) is 0.981. The van der Waals surface area contributed by atoms with E-state index in [1.54, 1.807) is 0 Å². The van der Waals surface area contributed by atoms with E-state index in [0.29, 0.717) is 29.6 Å². The van der Waals surface area contributed by atoms with Crippen LogP contribution in [0.4, 0.5) is 5.13 Å². The number of amides is 1. The highest BCUT2D eigenvalue weighted by molar-refractivity contribution is 7.17. The Bertz CT molecular complexity index is 693. The molecule has 8 nitrogen and oxygen atoms in total. The minimum atomic E-state index is -0.128. The standard InChI is InChI=1S/C15H21N5O3S/c1-3-16-15-18-9(2)12(24-15)13(21)17-7-6-11-19-14(23-20-11)10-5-4-8-22-10/h10H,3-8H2,1-2H3,(H,16,18)(H,17,21). The molecule has 1 fully saturated rings. The van der Waals surface area contributed by atoms with Crippen LogP contribution in [0.3, 0.4) is 0 Å². The third-order valence-corrected chi connectivity index (χ3v) is 4.77. The largest absolute Gasteiger partial charge is 0.368 e. The molecule has 2 aromatic rings. The lowest BCUT2D eigenvalue weighted by atomic mass is 10.2.